The first kappa shape index (κ1) is 13.5. The fourth-order valence-corrected chi connectivity index (χ4v) is 1.95. The lowest BCUT2D eigenvalue weighted by Gasteiger charge is -2.23. The van der Waals surface area contributed by atoms with Crippen LogP contribution < -0.4 is 5.32 Å². The van der Waals surface area contributed by atoms with E-state index in [-0.39, 0.29) is 12.5 Å². The highest BCUT2D eigenvalue weighted by Crippen LogP contribution is 2.27. The minimum absolute atomic E-state index is 0.148. The third-order valence-electron chi connectivity index (χ3n) is 3.38. The molecule has 1 aliphatic rings. The van der Waals surface area contributed by atoms with Gasteiger partial charge in [-0.1, -0.05) is 6.07 Å². The average Bonchev–Trinajstić information content (AvgIpc) is 3.12. The molecule has 5 heteroatoms. The van der Waals surface area contributed by atoms with Crippen molar-refractivity contribution in [3.8, 4) is 0 Å². The number of rotatable bonds is 5. The van der Waals surface area contributed by atoms with Gasteiger partial charge in [-0.2, -0.15) is 0 Å². The second-order valence-electron chi connectivity index (χ2n) is 5.43. The molecular weight excluding hydrogens is 244 g/mol. The number of aromatic nitrogens is 1. The van der Waals surface area contributed by atoms with Gasteiger partial charge in [0.1, 0.15) is 5.41 Å². The summed E-state index contributed by atoms with van der Waals surface area (Å²) in [5.41, 5.74) is 0.265. The van der Waals surface area contributed by atoms with Crippen LogP contribution in [0.3, 0.4) is 0 Å². The first-order chi connectivity index (χ1) is 8.91. The van der Waals surface area contributed by atoms with E-state index in [1.807, 2.05) is 13.0 Å². The van der Waals surface area contributed by atoms with Gasteiger partial charge in [-0.25, -0.2) is 0 Å². The Labute approximate surface area is 112 Å². The highest BCUT2D eigenvalue weighted by atomic mass is 16.4. The molecular formula is C14H18N2O3. The molecule has 1 saturated carbocycles. The number of amides is 1. The van der Waals surface area contributed by atoms with Crippen LogP contribution in [-0.2, 0) is 16.0 Å². The van der Waals surface area contributed by atoms with E-state index in [1.54, 1.807) is 12.4 Å². The number of carboxylic acids is 1. The summed E-state index contributed by atoms with van der Waals surface area (Å²) in [5, 5.41) is 12.2. The number of aryl methyl sites for hydroxylation is 1. The highest BCUT2D eigenvalue weighted by Gasteiger charge is 2.43. The lowest BCUT2D eigenvalue weighted by Crippen LogP contribution is -2.46. The van der Waals surface area contributed by atoms with Crippen LogP contribution in [0.4, 0.5) is 0 Å². The molecule has 102 valence electrons. The van der Waals surface area contributed by atoms with Crippen LogP contribution in [-0.4, -0.2) is 28.0 Å². The van der Waals surface area contributed by atoms with Gasteiger partial charge in [0.05, 0.1) is 0 Å². The number of aliphatic carboxylic acids is 1. The SMILES string of the molecule is Cc1cncc(CC(C)(C(=O)O)C(=O)NC2CC2)c1. The topological polar surface area (TPSA) is 79.3 Å². The maximum Gasteiger partial charge on any atom is 0.319 e. The number of carbonyl (C=O) groups excluding carboxylic acids is 1. The van der Waals surface area contributed by atoms with Gasteiger partial charge in [-0.15, -0.1) is 0 Å². The summed E-state index contributed by atoms with van der Waals surface area (Å²) < 4.78 is 0. The number of carboxylic acid groups (broad SMARTS) is 1. The molecule has 1 aromatic heterocycles. The van der Waals surface area contributed by atoms with E-state index in [2.05, 4.69) is 10.3 Å². The summed E-state index contributed by atoms with van der Waals surface area (Å²) in [7, 11) is 0. The van der Waals surface area contributed by atoms with Crippen LogP contribution in [0.1, 0.15) is 30.9 Å². The zero-order valence-electron chi connectivity index (χ0n) is 11.1. The summed E-state index contributed by atoms with van der Waals surface area (Å²) in [6.45, 7) is 3.36. The van der Waals surface area contributed by atoms with Crippen molar-refractivity contribution in [1.29, 1.82) is 0 Å². The lowest BCUT2D eigenvalue weighted by molar-refractivity contribution is -0.154. The molecule has 1 atom stereocenters. The summed E-state index contributed by atoms with van der Waals surface area (Å²) in [4.78, 5) is 27.6. The third kappa shape index (κ3) is 3.10. The quantitative estimate of drug-likeness (QED) is 0.784. The summed E-state index contributed by atoms with van der Waals surface area (Å²) in [5.74, 6) is -1.52. The molecule has 2 rings (SSSR count). The highest BCUT2D eigenvalue weighted by molar-refractivity contribution is 6.02. The van der Waals surface area contributed by atoms with Gasteiger partial charge in [0.2, 0.25) is 5.91 Å². The molecule has 0 bridgehead atoms. The largest absolute Gasteiger partial charge is 0.480 e. The van der Waals surface area contributed by atoms with Crippen molar-refractivity contribution in [1.82, 2.24) is 10.3 Å². The molecule has 0 spiro atoms. The van der Waals surface area contributed by atoms with Gasteiger partial charge in [-0.05, 0) is 44.2 Å². The van der Waals surface area contributed by atoms with Gasteiger partial charge in [0, 0.05) is 18.4 Å². The number of nitrogens with one attached hydrogen (secondary N) is 1. The molecule has 2 N–H and O–H groups in total. The van der Waals surface area contributed by atoms with E-state index in [0.717, 1.165) is 24.0 Å². The Morgan fingerprint density at radius 3 is 2.68 bits per heavy atom. The monoisotopic (exact) mass is 262 g/mol. The third-order valence-corrected chi connectivity index (χ3v) is 3.38. The first-order valence-electron chi connectivity index (χ1n) is 6.37. The molecule has 0 aromatic carbocycles. The zero-order chi connectivity index (χ0) is 14.0. The van der Waals surface area contributed by atoms with Gasteiger partial charge in [0.15, 0.2) is 0 Å². The van der Waals surface area contributed by atoms with Crippen molar-refractivity contribution in [3.63, 3.8) is 0 Å². The van der Waals surface area contributed by atoms with Gasteiger partial charge < -0.3 is 10.4 Å². The second kappa shape index (κ2) is 4.99. The van der Waals surface area contributed by atoms with Gasteiger partial charge in [-0.3, -0.25) is 14.6 Å². The van der Waals surface area contributed by atoms with Crippen molar-refractivity contribution in [3.05, 3.63) is 29.6 Å². The Morgan fingerprint density at radius 2 is 2.16 bits per heavy atom. The molecule has 1 heterocycles. The van der Waals surface area contributed by atoms with Crippen molar-refractivity contribution in [2.75, 3.05) is 0 Å². The van der Waals surface area contributed by atoms with Crippen LogP contribution in [0, 0.1) is 12.3 Å². The molecule has 1 unspecified atom stereocenters. The Kier molecular flexibility index (Phi) is 3.55. The van der Waals surface area contributed by atoms with Gasteiger partial charge in [0.25, 0.3) is 0 Å². The zero-order valence-corrected chi connectivity index (χ0v) is 11.1. The predicted octanol–water partition coefficient (Wildman–Crippen LogP) is 1.30. The van der Waals surface area contributed by atoms with E-state index < -0.39 is 17.3 Å². The van der Waals surface area contributed by atoms with Crippen molar-refractivity contribution < 1.29 is 14.7 Å². The van der Waals surface area contributed by atoms with E-state index >= 15 is 0 Å². The Bertz CT molecular complexity index is 511. The Morgan fingerprint density at radius 1 is 1.47 bits per heavy atom. The molecule has 5 nitrogen and oxygen atoms in total. The lowest BCUT2D eigenvalue weighted by atomic mass is 9.83. The number of nitrogens with zero attached hydrogens (tertiary/aromatic N) is 1. The van der Waals surface area contributed by atoms with Crippen LogP contribution in [0.5, 0.6) is 0 Å². The predicted molar refractivity (Wildman–Crippen MR) is 69.6 cm³/mol. The molecule has 1 aromatic rings. The van der Waals surface area contributed by atoms with Crippen molar-refractivity contribution >= 4 is 11.9 Å². The number of hydrogen-bond donors (Lipinski definition) is 2. The number of hydrogen-bond acceptors (Lipinski definition) is 3. The smallest absolute Gasteiger partial charge is 0.319 e. The summed E-state index contributed by atoms with van der Waals surface area (Å²) in [6.07, 6.45) is 5.33. The number of carbonyl (C=O) groups is 2. The fraction of sp³-hybridized carbons (Fsp3) is 0.500. The summed E-state index contributed by atoms with van der Waals surface area (Å²) >= 11 is 0. The Hall–Kier alpha value is -1.91. The standard InChI is InChI=1S/C14H18N2O3/c1-9-5-10(8-15-7-9)6-14(2,13(18)19)12(17)16-11-3-4-11/h5,7-8,11H,3-4,6H2,1-2H3,(H,16,17)(H,18,19). The van der Waals surface area contributed by atoms with Crippen molar-refractivity contribution in [2.24, 2.45) is 5.41 Å². The van der Waals surface area contributed by atoms with E-state index in [9.17, 15) is 14.7 Å². The van der Waals surface area contributed by atoms with Crippen molar-refractivity contribution in [2.45, 2.75) is 39.2 Å². The minimum Gasteiger partial charge on any atom is -0.480 e. The van der Waals surface area contributed by atoms with E-state index in [1.165, 1.54) is 6.92 Å². The average molecular weight is 262 g/mol. The maximum atomic E-state index is 12.1. The van der Waals surface area contributed by atoms with Crippen LogP contribution >= 0.6 is 0 Å². The normalized spacial score (nSPS) is 17.6. The maximum absolute atomic E-state index is 12.1. The summed E-state index contributed by atoms with van der Waals surface area (Å²) in [6, 6.07) is 2.01. The Balaban J connectivity index is 2.18. The first-order valence-corrected chi connectivity index (χ1v) is 6.37. The molecule has 1 amide bonds. The van der Waals surface area contributed by atoms with E-state index in [4.69, 9.17) is 0 Å². The molecule has 0 saturated heterocycles. The van der Waals surface area contributed by atoms with Crippen LogP contribution in [0.15, 0.2) is 18.5 Å². The molecule has 19 heavy (non-hydrogen) atoms. The molecule has 1 aliphatic carbocycles. The van der Waals surface area contributed by atoms with Gasteiger partial charge >= 0.3 is 5.97 Å². The van der Waals surface area contributed by atoms with Crippen LogP contribution in [0.25, 0.3) is 0 Å². The fourth-order valence-electron chi connectivity index (χ4n) is 1.95. The molecule has 0 radical (unpaired) electrons. The minimum atomic E-state index is -1.45. The van der Waals surface area contributed by atoms with E-state index in [0.29, 0.717) is 0 Å². The van der Waals surface area contributed by atoms with Crippen LogP contribution in [0.2, 0.25) is 0 Å². The molecule has 1 fully saturated rings. The molecule has 0 aliphatic heterocycles. The second-order valence-corrected chi connectivity index (χ2v) is 5.43. The number of pyridine rings is 1.